The van der Waals surface area contributed by atoms with E-state index in [-0.39, 0.29) is 11.3 Å². The molecule has 5 nitrogen and oxygen atoms in total. The minimum Gasteiger partial charge on any atom is -0.317 e. The van der Waals surface area contributed by atoms with Crippen molar-refractivity contribution in [1.29, 1.82) is 0 Å². The second-order valence-electron chi connectivity index (χ2n) is 5.68. The third-order valence-electron chi connectivity index (χ3n) is 4.10. The van der Waals surface area contributed by atoms with E-state index in [2.05, 4.69) is 28.8 Å². The van der Waals surface area contributed by atoms with Crippen LogP contribution in [0.1, 0.15) is 46.5 Å². The van der Waals surface area contributed by atoms with Gasteiger partial charge in [0.05, 0.1) is 5.25 Å². The van der Waals surface area contributed by atoms with Crippen LogP contribution in [-0.2, 0) is 10.0 Å². The number of rotatable bonds is 9. The van der Waals surface area contributed by atoms with E-state index in [0.717, 1.165) is 58.4 Å². The molecule has 0 aliphatic carbocycles. The van der Waals surface area contributed by atoms with E-state index >= 15 is 0 Å². The summed E-state index contributed by atoms with van der Waals surface area (Å²) in [6.45, 7) is 11.1. The van der Waals surface area contributed by atoms with Gasteiger partial charge in [-0.3, -0.25) is 0 Å². The quantitative estimate of drug-likeness (QED) is 0.671. The summed E-state index contributed by atoms with van der Waals surface area (Å²) in [5.41, 5.74) is 0. The lowest BCUT2D eigenvalue weighted by molar-refractivity contribution is 0.293. The lowest BCUT2D eigenvalue weighted by Crippen LogP contribution is -2.44. The van der Waals surface area contributed by atoms with Crippen LogP contribution in [0.15, 0.2) is 0 Å². The molecule has 1 aliphatic heterocycles. The first-order valence-electron chi connectivity index (χ1n) is 7.93. The zero-order valence-electron chi connectivity index (χ0n) is 13.2. The Labute approximate surface area is 124 Å². The fraction of sp³-hybridized carbons (Fsp3) is 1.00. The third-order valence-corrected chi connectivity index (χ3v) is 6.18. The molecule has 120 valence electrons. The molecule has 1 aliphatic rings. The minimum atomic E-state index is -3.15. The highest BCUT2D eigenvalue weighted by Crippen LogP contribution is 2.13. The fourth-order valence-corrected chi connectivity index (χ4v) is 4.43. The highest BCUT2D eigenvalue weighted by atomic mass is 32.2. The Morgan fingerprint density at radius 3 is 2.40 bits per heavy atom. The molecule has 2 N–H and O–H groups in total. The van der Waals surface area contributed by atoms with Crippen LogP contribution in [0, 0.1) is 0 Å². The Morgan fingerprint density at radius 1 is 1.25 bits per heavy atom. The molecule has 0 spiro atoms. The average Bonchev–Trinajstić information content (AvgIpc) is 2.44. The normalized spacial score (nSPS) is 19.4. The molecule has 0 saturated carbocycles. The topological polar surface area (TPSA) is 61.4 Å². The van der Waals surface area contributed by atoms with Crippen LogP contribution >= 0.6 is 0 Å². The molecule has 1 fully saturated rings. The van der Waals surface area contributed by atoms with Crippen molar-refractivity contribution in [3.8, 4) is 0 Å². The number of nitrogens with one attached hydrogen (secondary N) is 2. The van der Waals surface area contributed by atoms with Gasteiger partial charge in [-0.1, -0.05) is 13.8 Å². The van der Waals surface area contributed by atoms with E-state index in [1.807, 2.05) is 6.92 Å². The van der Waals surface area contributed by atoms with Gasteiger partial charge in [0.25, 0.3) is 0 Å². The number of hydrogen-bond acceptors (Lipinski definition) is 4. The lowest BCUT2D eigenvalue weighted by atomic mass is 10.2. The number of nitrogens with zero attached hydrogens (tertiary/aromatic N) is 1. The smallest absolute Gasteiger partial charge is 0.214 e. The maximum absolute atomic E-state index is 12.3. The highest BCUT2D eigenvalue weighted by Gasteiger charge is 2.28. The summed E-state index contributed by atoms with van der Waals surface area (Å²) < 4.78 is 27.4. The summed E-state index contributed by atoms with van der Waals surface area (Å²) in [6, 6.07) is 0.0328. The first-order valence-corrected chi connectivity index (χ1v) is 9.48. The van der Waals surface area contributed by atoms with Crippen LogP contribution in [-0.4, -0.2) is 57.3 Å². The average molecular weight is 305 g/mol. The summed E-state index contributed by atoms with van der Waals surface area (Å²) >= 11 is 0. The summed E-state index contributed by atoms with van der Waals surface area (Å²) in [5, 5.41) is 2.99. The molecule has 20 heavy (non-hydrogen) atoms. The van der Waals surface area contributed by atoms with Crippen LogP contribution < -0.4 is 10.0 Å². The van der Waals surface area contributed by atoms with E-state index in [9.17, 15) is 8.42 Å². The van der Waals surface area contributed by atoms with Gasteiger partial charge in [-0.25, -0.2) is 13.1 Å². The van der Waals surface area contributed by atoms with Gasteiger partial charge in [-0.2, -0.15) is 0 Å². The SMILES string of the molecule is CCN(CC)CCCC(C)NS(=O)(=O)C1CCNCC1. The Kier molecular flexibility index (Phi) is 8.02. The van der Waals surface area contributed by atoms with Crippen molar-refractivity contribution in [1.82, 2.24) is 14.9 Å². The molecule has 0 bridgehead atoms. The molecule has 6 heteroatoms. The molecular formula is C14H31N3O2S. The molecule has 1 saturated heterocycles. The van der Waals surface area contributed by atoms with Crippen molar-refractivity contribution >= 4 is 10.0 Å². The van der Waals surface area contributed by atoms with Crippen molar-refractivity contribution in [3.05, 3.63) is 0 Å². The molecule has 1 heterocycles. The zero-order chi connectivity index (χ0) is 15.0. The highest BCUT2D eigenvalue weighted by molar-refractivity contribution is 7.90. The van der Waals surface area contributed by atoms with Gasteiger partial charge < -0.3 is 10.2 Å². The largest absolute Gasteiger partial charge is 0.317 e. The fourth-order valence-electron chi connectivity index (χ4n) is 2.70. The van der Waals surface area contributed by atoms with Crippen molar-refractivity contribution in [2.45, 2.75) is 57.7 Å². The summed E-state index contributed by atoms with van der Waals surface area (Å²) in [6.07, 6.45) is 3.39. The summed E-state index contributed by atoms with van der Waals surface area (Å²) in [4.78, 5) is 2.37. The maximum atomic E-state index is 12.3. The molecule has 0 aromatic heterocycles. The van der Waals surface area contributed by atoms with Crippen molar-refractivity contribution in [3.63, 3.8) is 0 Å². The van der Waals surface area contributed by atoms with Gasteiger partial charge >= 0.3 is 0 Å². The van der Waals surface area contributed by atoms with Crippen molar-refractivity contribution in [2.75, 3.05) is 32.7 Å². The molecule has 1 unspecified atom stereocenters. The lowest BCUT2D eigenvalue weighted by Gasteiger charge is -2.25. The molecule has 0 aromatic carbocycles. The molecule has 0 radical (unpaired) electrons. The Morgan fingerprint density at radius 2 is 1.85 bits per heavy atom. The first-order chi connectivity index (χ1) is 9.49. The van der Waals surface area contributed by atoms with E-state index in [4.69, 9.17) is 0 Å². The first kappa shape index (κ1) is 17.9. The van der Waals surface area contributed by atoms with Crippen LogP contribution in [0.3, 0.4) is 0 Å². The van der Waals surface area contributed by atoms with Crippen LogP contribution in [0.25, 0.3) is 0 Å². The Hall–Kier alpha value is -0.170. The number of piperidine rings is 1. The van der Waals surface area contributed by atoms with E-state index in [0.29, 0.717) is 0 Å². The zero-order valence-corrected chi connectivity index (χ0v) is 14.0. The van der Waals surface area contributed by atoms with Gasteiger partial charge in [0.2, 0.25) is 10.0 Å². The van der Waals surface area contributed by atoms with Crippen LogP contribution in [0.2, 0.25) is 0 Å². The number of sulfonamides is 1. The van der Waals surface area contributed by atoms with E-state index in [1.165, 1.54) is 0 Å². The Balaban J connectivity index is 2.31. The molecule has 0 aromatic rings. The van der Waals surface area contributed by atoms with Gasteiger partial charge in [0, 0.05) is 6.04 Å². The van der Waals surface area contributed by atoms with Crippen LogP contribution in [0.4, 0.5) is 0 Å². The molecule has 1 rings (SSSR count). The standard InChI is InChI=1S/C14H31N3O2S/c1-4-17(5-2)12-6-7-13(3)16-20(18,19)14-8-10-15-11-9-14/h13-16H,4-12H2,1-3H3. The van der Waals surface area contributed by atoms with Crippen molar-refractivity contribution in [2.24, 2.45) is 0 Å². The molecule has 1 atom stereocenters. The third kappa shape index (κ3) is 6.08. The van der Waals surface area contributed by atoms with E-state index < -0.39 is 10.0 Å². The minimum absolute atomic E-state index is 0.0328. The second kappa shape index (κ2) is 8.97. The van der Waals surface area contributed by atoms with Crippen molar-refractivity contribution < 1.29 is 8.42 Å². The second-order valence-corrected chi connectivity index (χ2v) is 7.67. The monoisotopic (exact) mass is 305 g/mol. The van der Waals surface area contributed by atoms with Gasteiger partial charge in [0.15, 0.2) is 0 Å². The maximum Gasteiger partial charge on any atom is 0.214 e. The summed E-state index contributed by atoms with van der Waals surface area (Å²) in [7, 11) is -3.15. The predicted molar refractivity (Wildman–Crippen MR) is 84.4 cm³/mol. The number of hydrogen-bond donors (Lipinski definition) is 2. The molecule has 0 amide bonds. The molecular weight excluding hydrogens is 274 g/mol. The van der Waals surface area contributed by atoms with Gasteiger partial charge in [-0.05, 0) is 65.3 Å². The van der Waals surface area contributed by atoms with E-state index in [1.54, 1.807) is 0 Å². The Bertz CT molecular complexity index is 349. The van der Waals surface area contributed by atoms with Crippen LogP contribution in [0.5, 0.6) is 0 Å². The van der Waals surface area contributed by atoms with Gasteiger partial charge in [0.1, 0.15) is 0 Å². The predicted octanol–water partition coefficient (Wildman–Crippen LogP) is 1.17. The summed E-state index contributed by atoms with van der Waals surface area (Å²) in [5.74, 6) is 0. The van der Waals surface area contributed by atoms with Gasteiger partial charge in [-0.15, -0.1) is 0 Å².